The number of nitrogens with zero attached hydrogens (tertiary/aromatic N) is 3. The molecule has 2 rings (SSSR count). The van der Waals surface area contributed by atoms with Gasteiger partial charge in [-0.25, -0.2) is 4.98 Å². The minimum Gasteiger partial charge on any atom is -0.340 e. The second-order valence-electron chi connectivity index (χ2n) is 4.26. The van der Waals surface area contributed by atoms with Crippen molar-refractivity contribution in [1.29, 1.82) is 0 Å². The number of piperidine rings is 1. The van der Waals surface area contributed by atoms with Crippen molar-refractivity contribution in [2.45, 2.75) is 24.9 Å². The number of rotatable bonds is 1. The summed E-state index contributed by atoms with van der Waals surface area (Å²) >= 11 is 0. The molecule has 4 nitrogen and oxygen atoms in total. The number of aromatic nitrogens is 2. The van der Waals surface area contributed by atoms with E-state index in [0.29, 0.717) is 12.1 Å². The number of nitrogens with two attached hydrogens (primary N) is 1. The lowest BCUT2D eigenvalue weighted by atomic mass is 9.98. The van der Waals surface area contributed by atoms with Crippen LogP contribution in [0.15, 0.2) is 12.5 Å². The first-order valence-electron chi connectivity index (χ1n) is 5.10. The lowest BCUT2D eigenvalue weighted by Crippen LogP contribution is -2.42. The van der Waals surface area contributed by atoms with Crippen molar-refractivity contribution >= 4 is 0 Å². The fraction of sp³-hybridized carbons (Fsp3) is 0.700. The molecule has 0 spiro atoms. The summed E-state index contributed by atoms with van der Waals surface area (Å²) in [5.41, 5.74) is 7.07. The normalized spacial score (nSPS) is 29.4. The van der Waals surface area contributed by atoms with Crippen LogP contribution in [0.4, 0.5) is 0 Å². The van der Waals surface area contributed by atoms with Gasteiger partial charge in [-0.1, -0.05) is 0 Å². The van der Waals surface area contributed by atoms with E-state index in [4.69, 9.17) is 5.73 Å². The quantitative estimate of drug-likeness (QED) is 0.708. The third-order valence-electron chi connectivity index (χ3n) is 2.93. The van der Waals surface area contributed by atoms with Crippen molar-refractivity contribution in [1.82, 2.24) is 14.5 Å². The van der Waals surface area contributed by atoms with E-state index in [1.807, 2.05) is 17.9 Å². The number of likely N-dealkylation sites (tertiary alicyclic amines) is 1. The van der Waals surface area contributed by atoms with Gasteiger partial charge in [0.2, 0.25) is 0 Å². The highest BCUT2D eigenvalue weighted by molar-refractivity contribution is 5.05. The van der Waals surface area contributed by atoms with E-state index in [1.165, 1.54) is 5.69 Å². The van der Waals surface area contributed by atoms with Gasteiger partial charge >= 0.3 is 0 Å². The van der Waals surface area contributed by atoms with E-state index in [1.54, 1.807) is 0 Å². The fourth-order valence-electron chi connectivity index (χ4n) is 2.16. The predicted molar refractivity (Wildman–Crippen MR) is 55.8 cm³/mol. The Kier molecular flexibility index (Phi) is 2.56. The van der Waals surface area contributed by atoms with Gasteiger partial charge in [0, 0.05) is 25.8 Å². The zero-order valence-corrected chi connectivity index (χ0v) is 8.85. The van der Waals surface area contributed by atoms with Gasteiger partial charge in [-0.05, 0) is 19.9 Å². The fourth-order valence-corrected chi connectivity index (χ4v) is 2.16. The average Bonchev–Trinajstić information content (AvgIpc) is 2.51. The lowest BCUT2D eigenvalue weighted by molar-refractivity contribution is 0.166. The summed E-state index contributed by atoms with van der Waals surface area (Å²) < 4.78 is 2.00. The minimum atomic E-state index is 0.333. The first-order chi connectivity index (χ1) is 6.66. The molecule has 1 aliphatic heterocycles. The van der Waals surface area contributed by atoms with Crippen LogP contribution in [0.1, 0.15) is 24.6 Å². The molecule has 2 atom stereocenters. The third-order valence-corrected chi connectivity index (χ3v) is 2.93. The minimum absolute atomic E-state index is 0.333. The molecule has 1 fully saturated rings. The maximum Gasteiger partial charge on any atom is 0.0947 e. The van der Waals surface area contributed by atoms with Gasteiger partial charge in [0.15, 0.2) is 0 Å². The Bertz CT molecular complexity index is 307. The number of hydrogen-bond acceptors (Lipinski definition) is 3. The van der Waals surface area contributed by atoms with Crippen LogP contribution in [0.5, 0.6) is 0 Å². The topological polar surface area (TPSA) is 47.1 Å². The van der Waals surface area contributed by atoms with Gasteiger partial charge in [0.05, 0.1) is 18.1 Å². The van der Waals surface area contributed by atoms with E-state index < -0.39 is 0 Å². The maximum absolute atomic E-state index is 5.90. The maximum atomic E-state index is 5.90. The SMILES string of the molecule is CN1CC(N)CCC1c1cn(C)cn1. The van der Waals surface area contributed by atoms with Crippen LogP contribution >= 0.6 is 0 Å². The van der Waals surface area contributed by atoms with E-state index in [2.05, 4.69) is 23.1 Å². The highest BCUT2D eigenvalue weighted by Crippen LogP contribution is 2.27. The van der Waals surface area contributed by atoms with Gasteiger partial charge in [-0.3, -0.25) is 4.90 Å². The van der Waals surface area contributed by atoms with Crippen LogP contribution in [-0.4, -0.2) is 34.1 Å². The molecule has 4 heteroatoms. The van der Waals surface area contributed by atoms with Crippen LogP contribution in [0.3, 0.4) is 0 Å². The van der Waals surface area contributed by atoms with Crippen molar-refractivity contribution in [2.75, 3.05) is 13.6 Å². The van der Waals surface area contributed by atoms with E-state index in [0.717, 1.165) is 19.4 Å². The van der Waals surface area contributed by atoms with Crippen molar-refractivity contribution in [3.63, 3.8) is 0 Å². The molecule has 0 bridgehead atoms. The Balaban J connectivity index is 2.11. The summed E-state index contributed by atoms with van der Waals surface area (Å²) in [6.45, 7) is 0.973. The van der Waals surface area contributed by atoms with Gasteiger partial charge < -0.3 is 10.3 Å². The molecular weight excluding hydrogens is 176 g/mol. The Morgan fingerprint density at radius 1 is 1.43 bits per heavy atom. The predicted octanol–water partition coefficient (Wildman–Crippen LogP) is 0.514. The summed E-state index contributed by atoms with van der Waals surface area (Å²) in [6, 6.07) is 0.788. The molecule has 1 saturated heterocycles. The van der Waals surface area contributed by atoms with Crippen LogP contribution in [0.2, 0.25) is 0 Å². The number of hydrogen-bond donors (Lipinski definition) is 1. The second-order valence-corrected chi connectivity index (χ2v) is 4.26. The molecule has 2 N–H and O–H groups in total. The van der Waals surface area contributed by atoms with Gasteiger partial charge in [-0.15, -0.1) is 0 Å². The molecule has 0 saturated carbocycles. The monoisotopic (exact) mass is 194 g/mol. The number of likely N-dealkylation sites (N-methyl/N-ethyl adjacent to an activating group) is 1. The zero-order chi connectivity index (χ0) is 10.1. The van der Waals surface area contributed by atoms with Gasteiger partial charge in [0.25, 0.3) is 0 Å². The summed E-state index contributed by atoms with van der Waals surface area (Å²) in [4.78, 5) is 6.70. The Labute approximate surface area is 84.7 Å². The number of imidazole rings is 1. The van der Waals surface area contributed by atoms with Gasteiger partial charge in [-0.2, -0.15) is 0 Å². The molecule has 1 aliphatic rings. The van der Waals surface area contributed by atoms with Crippen LogP contribution in [0.25, 0.3) is 0 Å². The molecule has 2 heterocycles. The van der Waals surface area contributed by atoms with E-state index in [9.17, 15) is 0 Å². The Hall–Kier alpha value is -0.870. The Morgan fingerprint density at radius 3 is 2.79 bits per heavy atom. The summed E-state index contributed by atoms with van der Waals surface area (Å²) in [5.74, 6) is 0. The lowest BCUT2D eigenvalue weighted by Gasteiger charge is -2.34. The second kappa shape index (κ2) is 3.71. The van der Waals surface area contributed by atoms with Crippen LogP contribution in [0, 0.1) is 0 Å². The van der Waals surface area contributed by atoms with Crippen LogP contribution in [-0.2, 0) is 7.05 Å². The molecule has 14 heavy (non-hydrogen) atoms. The van der Waals surface area contributed by atoms with Crippen molar-refractivity contribution in [3.8, 4) is 0 Å². The van der Waals surface area contributed by atoms with Crippen LogP contribution < -0.4 is 5.73 Å². The summed E-state index contributed by atoms with van der Waals surface area (Å²) in [6.07, 6.45) is 6.18. The Morgan fingerprint density at radius 2 is 2.21 bits per heavy atom. The molecular formula is C10H18N4. The number of aryl methyl sites for hydroxylation is 1. The molecule has 78 valence electrons. The van der Waals surface area contributed by atoms with E-state index in [-0.39, 0.29) is 0 Å². The molecule has 1 aromatic rings. The van der Waals surface area contributed by atoms with Crippen molar-refractivity contribution in [2.24, 2.45) is 12.8 Å². The average molecular weight is 194 g/mol. The highest BCUT2D eigenvalue weighted by atomic mass is 15.2. The van der Waals surface area contributed by atoms with Gasteiger partial charge in [0.1, 0.15) is 0 Å². The first-order valence-corrected chi connectivity index (χ1v) is 5.10. The van der Waals surface area contributed by atoms with Crippen molar-refractivity contribution in [3.05, 3.63) is 18.2 Å². The highest BCUT2D eigenvalue weighted by Gasteiger charge is 2.25. The standard InChI is InChI=1S/C10H18N4/c1-13-6-9(12-7-13)10-4-3-8(11)5-14(10)2/h6-8,10H,3-5,11H2,1-2H3. The molecule has 2 unspecified atom stereocenters. The smallest absolute Gasteiger partial charge is 0.0947 e. The molecule has 1 aromatic heterocycles. The largest absolute Gasteiger partial charge is 0.340 e. The molecule has 0 aliphatic carbocycles. The molecule has 0 amide bonds. The zero-order valence-electron chi connectivity index (χ0n) is 8.85. The molecule has 0 radical (unpaired) electrons. The first kappa shape index (κ1) is 9.68. The van der Waals surface area contributed by atoms with E-state index >= 15 is 0 Å². The third kappa shape index (κ3) is 1.81. The van der Waals surface area contributed by atoms with Crippen molar-refractivity contribution < 1.29 is 0 Å². The summed E-state index contributed by atoms with van der Waals surface area (Å²) in [5, 5.41) is 0. The summed E-state index contributed by atoms with van der Waals surface area (Å²) in [7, 11) is 4.13. The molecule has 0 aromatic carbocycles.